The Morgan fingerprint density at radius 3 is 2.15 bits per heavy atom. The number of rotatable bonds is 6. The van der Waals surface area contributed by atoms with E-state index < -0.39 is 18.0 Å². The molecule has 1 atom stereocenters. The number of amides is 2. The highest BCUT2D eigenvalue weighted by Gasteiger charge is 2.23. The molecule has 3 N–H and O–H groups in total. The molecule has 1 heterocycles. The molecule has 0 aromatic rings. The minimum absolute atomic E-state index is 0.0939. The molecule has 114 valence electrons. The van der Waals surface area contributed by atoms with Crippen molar-refractivity contribution in [3.8, 4) is 0 Å². The van der Waals surface area contributed by atoms with Crippen LogP contribution in [0.1, 0.15) is 44.9 Å². The number of aliphatic carboxylic acids is 2. The van der Waals surface area contributed by atoms with Crippen LogP contribution in [0.5, 0.6) is 0 Å². The van der Waals surface area contributed by atoms with Gasteiger partial charge in [0.15, 0.2) is 0 Å². The highest BCUT2D eigenvalue weighted by atomic mass is 16.4. The first-order valence-corrected chi connectivity index (χ1v) is 7.00. The van der Waals surface area contributed by atoms with Crippen LogP contribution in [0.2, 0.25) is 0 Å². The molecule has 20 heavy (non-hydrogen) atoms. The maximum Gasteiger partial charge on any atom is 0.326 e. The molecule has 7 nitrogen and oxygen atoms in total. The summed E-state index contributed by atoms with van der Waals surface area (Å²) in [4.78, 5) is 35.1. The van der Waals surface area contributed by atoms with Crippen LogP contribution in [-0.2, 0) is 9.59 Å². The number of carbonyl (C=O) groups is 3. The molecule has 0 aliphatic carbocycles. The SMILES string of the molecule is O=C(O)CCC[C@@H](NC(=O)N1CCCCCC1)C(=O)O. The third kappa shape index (κ3) is 5.90. The summed E-state index contributed by atoms with van der Waals surface area (Å²) in [6, 6.07) is -1.39. The van der Waals surface area contributed by atoms with Gasteiger partial charge >= 0.3 is 18.0 Å². The first-order chi connectivity index (χ1) is 9.50. The number of hydrogen-bond donors (Lipinski definition) is 3. The summed E-state index contributed by atoms with van der Waals surface area (Å²) in [5, 5.41) is 20.1. The molecule has 0 aromatic heterocycles. The third-order valence-electron chi connectivity index (χ3n) is 3.37. The van der Waals surface area contributed by atoms with Gasteiger partial charge in [0.25, 0.3) is 0 Å². The first-order valence-electron chi connectivity index (χ1n) is 7.00. The van der Waals surface area contributed by atoms with Crippen LogP contribution in [0, 0.1) is 0 Å². The lowest BCUT2D eigenvalue weighted by Gasteiger charge is -2.23. The van der Waals surface area contributed by atoms with Crippen molar-refractivity contribution in [1.82, 2.24) is 10.2 Å². The van der Waals surface area contributed by atoms with Gasteiger partial charge < -0.3 is 20.4 Å². The van der Waals surface area contributed by atoms with Gasteiger partial charge in [-0.15, -0.1) is 0 Å². The van der Waals surface area contributed by atoms with E-state index in [2.05, 4.69) is 5.32 Å². The number of carboxylic acids is 2. The molecule has 7 heteroatoms. The van der Waals surface area contributed by atoms with Crippen LogP contribution >= 0.6 is 0 Å². The van der Waals surface area contributed by atoms with E-state index in [4.69, 9.17) is 10.2 Å². The standard InChI is InChI=1S/C13H22N2O5/c16-11(17)7-5-6-10(12(18)19)14-13(20)15-8-3-1-2-4-9-15/h10H,1-9H2,(H,14,20)(H,16,17)(H,18,19)/t10-/m1/s1. The molecule has 0 bridgehead atoms. The second-order valence-corrected chi connectivity index (χ2v) is 5.03. The lowest BCUT2D eigenvalue weighted by atomic mass is 10.1. The van der Waals surface area contributed by atoms with Crippen molar-refractivity contribution in [3.63, 3.8) is 0 Å². The molecule has 1 fully saturated rings. The zero-order chi connectivity index (χ0) is 15.0. The molecule has 1 rings (SSSR count). The van der Waals surface area contributed by atoms with Gasteiger partial charge in [0, 0.05) is 19.5 Å². The summed E-state index contributed by atoms with van der Waals surface area (Å²) in [5.74, 6) is -2.09. The van der Waals surface area contributed by atoms with E-state index in [-0.39, 0.29) is 25.3 Å². The van der Waals surface area contributed by atoms with Crippen LogP contribution in [0.15, 0.2) is 0 Å². The van der Waals surface area contributed by atoms with Crippen molar-refractivity contribution in [1.29, 1.82) is 0 Å². The first kappa shape index (κ1) is 16.3. The highest BCUT2D eigenvalue weighted by molar-refractivity contribution is 5.82. The molecule has 0 radical (unpaired) electrons. The minimum atomic E-state index is -1.13. The number of urea groups is 1. The van der Waals surface area contributed by atoms with Gasteiger partial charge in [-0.3, -0.25) is 4.79 Å². The highest BCUT2D eigenvalue weighted by Crippen LogP contribution is 2.10. The Labute approximate surface area is 117 Å². The van der Waals surface area contributed by atoms with Crippen molar-refractivity contribution in [2.24, 2.45) is 0 Å². The van der Waals surface area contributed by atoms with Crippen LogP contribution in [-0.4, -0.2) is 52.2 Å². The van der Waals surface area contributed by atoms with E-state index in [1.165, 1.54) is 0 Å². The van der Waals surface area contributed by atoms with Crippen LogP contribution in [0.25, 0.3) is 0 Å². The molecular weight excluding hydrogens is 264 g/mol. The lowest BCUT2D eigenvalue weighted by molar-refractivity contribution is -0.140. The van der Waals surface area contributed by atoms with Crippen LogP contribution < -0.4 is 5.32 Å². The predicted molar refractivity (Wildman–Crippen MR) is 71.5 cm³/mol. The monoisotopic (exact) mass is 286 g/mol. The maximum absolute atomic E-state index is 12.0. The maximum atomic E-state index is 12.0. The third-order valence-corrected chi connectivity index (χ3v) is 3.37. The van der Waals surface area contributed by atoms with E-state index >= 15 is 0 Å². The van der Waals surface area contributed by atoms with Gasteiger partial charge in [-0.1, -0.05) is 12.8 Å². The normalized spacial score (nSPS) is 17.1. The Bertz CT molecular complexity index is 351. The number of nitrogens with one attached hydrogen (secondary N) is 1. The van der Waals surface area contributed by atoms with Crippen molar-refractivity contribution in [2.45, 2.75) is 51.0 Å². The number of likely N-dealkylation sites (tertiary alicyclic amines) is 1. The molecule has 1 saturated heterocycles. The molecule has 2 amide bonds. The van der Waals surface area contributed by atoms with Crippen molar-refractivity contribution in [2.75, 3.05) is 13.1 Å². The largest absolute Gasteiger partial charge is 0.481 e. The zero-order valence-corrected chi connectivity index (χ0v) is 11.5. The Kier molecular flexibility index (Phi) is 6.83. The topological polar surface area (TPSA) is 107 Å². The summed E-state index contributed by atoms with van der Waals surface area (Å²) >= 11 is 0. The van der Waals surface area contributed by atoms with Crippen molar-refractivity contribution < 1.29 is 24.6 Å². The quantitative estimate of drug-likeness (QED) is 0.682. The zero-order valence-electron chi connectivity index (χ0n) is 11.5. The van der Waals surface area contributed by atoms with Gasteiger partial charge in [-0.2, -0.15) is 0 Å². The Morgan fingerprint density at radius 1 is 1.05 bits per heavy atom. The average molecular weight is 286 g/mol. The van der Waals surface area contributed by atoms with E-state index in [1.54, 1.807) is 4.90 Å². The van der Waals surface area contributed by atoms with Gasteiger partial charge in [0.05, 0.1) is 0 Å². The van der Waals surface area contributed by atoms with Gasteiger partial charge in [-0.25, -0.2) is 9.59 Å². The summed E-state index contributed by atoms with van der Waals surface area (Å²) in [6.45, 7) is 1.29. The minimum Gasteiger partial charge on any atom is -0.481 e. The summed E-state index contributed by atoms with van der Waals surface area (Å²) in [7, 11) is 0. The summed E-state index contributed by atoms with van der Waals surface area (Å²) in [6.07, 6.45) is 4.31. The Morgan fingerprint density at radius 2 is 1.65 bits per heavy atom. The fourth-order valence-electron chi connectivity index (χ4n) is 2.23. The number of carboxylic acid groups (broad SMARTS) is 2. The number of nitrogens with zero attached hydrogens (tertiary/aromatic N) is 1. The fraction of sp³-hybridized carbons (Fsp3) is 0.769. The fourth-order valence-corrected chi connectivity index (χ4v) is 2.23. The molecule has 0 spiro atoms. The van der Waals surface area contributed by atoms with Gasteiger partial charge in [0.1, 0.15) is 6.04 Å². The summed E-state index contributed by atoms with van der Waals surface area (Å²) < 4.78 is 0. The second kappa shape index (κ2) is 8.39. The number of hydrogen-bond acceptors (Lipinski definition) is 3. The van der Waals surface area contributed by atoms with Crippen LogP contribution in [0.4, 0.5) is 4.79 Å². The summed E-state index contributed by atoms with van der Waals surface area (Å²) in [5.41, 5.74) is 0. The van der Waals surface area contributed by atoms with E-state index in [1.807, 2.05) is 0 Å². The smallest absolute Gasteiger partial charge is 0.326 e. The van der Waals surface area contributed by atoms with Gasteiger partial charge in [0.2, 0.25) is 0 Å². The molecule has 0 saturated carbocycles. The van der Waals surface area contributed by atoms with Gasteiger partial charge in [-0.05, 0) is 25.7 Å². The van der Waals surface area contributed by atoms with Crippen molar-refractivity contribution >= 4 is 18.0 Å². The Balaban J connectivity index is 2.44. The number of carbonyl (C=O) groups excluding carboxylic acids is 1. The lowest BCUT2D eigenvalue weighted by Crippen LogP contribution is -2.48. The van der Waals surface area contributed by atoms with E-state index in [0.717, 1.165) is 25.7 Å². The molecule has 0 aromatic carbocycles. The average Bonchev–Trinajstić information content (AvgIpc) is 2.65. The second-order valence-electron chi connectivity index (χ2n) is 5.03. The van der Waals surface area contributed by atoms with Crippen LogP contribution in [0.3, 0.4) is 0 Å². The van der Waals surface area contributed by atoms with E-state index in [9.17, 15) is 14.4 Å². The molecule has 1 aliphatic rings. The van der Waals surface area contributed by atoms with Crippen molar-refractivity contribution in [3.05, 3.63) is 0 Å². The molecule has 1 aliphatic heterocycles. The predicted octanol–water partition coefficient (Wildman–Crippen LogP) is 1.28. The molecular formula is C13H22N2O5. The molecule has 0 unspecified atom stereocenters. The van der Waals surface area contributed by atoms with E-state index in [0.29, 0.717) is 13.1 Å². The Hall–Kier alpha value is -1.79.